The van der Waals surface area contributed by atoms with Crippen LogP contribution in [0, 0.1) is 0 Å². The topological polar surface area (TPSA) is 102 Å². The lowest BCUT2D eigenvalue weighted by Crippen LogP contribution is -2.22. The molecule has 1 aromatic heterocycles. The lowest BCUT2D eigenvalue weighted by atomic mass is 10.1. The third-order valence-corrected chi connectivity index (χ3v) is 8.26. The van der Waals surface area contributed by atoms with Crippen LogP contribution in [0.15, 0.2) is 64.2 Å². The molecule has 3 aromatic rings. The Morgan fingerprint density at radius 1 is 1.12 bits per heavy atom. The Morgan fingerprint density at radius 3 is 2.36 bits per heavy atom. The minimum absolute atomic E-state index is 0. The van der Waals surface area contributed by atoms with Gasteiger partial charge in [-0.25, -0.2) is 25.5 Å². The fourth-order valence-electron chi connectivity index (χ4n) is 3.33. The highest BCUT2D eigenvalue weighted by Gasteiger charge is 2.23. The molecule has 0 aliphatic heterocycles. The van der Waals surface area contributed by atoms with E-state index in [2.05, 4.69) is 0 Å². The predicted octanol–water partition coefficient (Wildman–Crippen LogP) is 3.85. The fourth-order valence-corrected chi connectivity index (χ4v) is 5.29. The van der Waals surface area contributed by atoms with Crippen molar-refractivity contribution in [2.45, 2.75) is 16.3 Å². The van der Waals surface area contributed by atoms with E-state index in [1.54, 1.807) is 18.2 Å². The second-order valence-electron chi connectivity index (χ2n) is 7.41. The molecule has 0 fully saturated rings. The Kier molecular flexibility index (Phi) is 8.37. The molecule has 2 N–H and O–H groups in total. The average Bonchev–Trinajstić information content (AvgIpc) is 2.98. The van der Waals surface area contributed by atoms with Crippen molar-refractivity contribution in [2.75, 3.05) is 26.9 Å². The van der Waals surface area contributed by atoms with E-state index in [1.807, 2.05) is 0 Å². The van der Waals surface area contributed by atoms with E-state index in [0.717, 1.165) is 10.6 Å². The second kappa shape index (κ2) is 10.1. The smallest absolute Gasteiger partial charge is 0.242 e. The molecule has 0 unspecified atom stereocenters. The maximum atomic E-state index is 14.3. The number of hydrogen-bond acceptors (Lipinski definition) is 5. The summed E-state index contributed by atoms with van der Waals surface area (Å²) in [5, 5.41) is 0.600. The third-order valence-electron chi connectivity index (χ3n) is 4.95. The lowest BCUT2D eigenvalue weighted by molar-refractivity contribution is 0.521. The molecule has 0 spiro atoms. The molecular weight excluding hydrogens is 512 g/mol. The molecule has 0 radical (unpaired) electrons. The molecule has 0 saturated carbocycles. The van der Waals surface area contributed by atoms with Gasteiger partial charge in [0.05, 0.1) is 21.9 Å². The second-order valence-corrected chi connectivity index (χ2v) is 11.9. The number of benzene rings is 2. The minimum atomic E-state index is -3.72. The zero-order valence-electron chi connectivity index (χ0n) is 18.1. The van der Waals surface area contributed by atoms with E-state index in [-0.39, 0.29) is 40.4 Å². The number of aromatic nitrogens is 1. The van der Waals surface area contributed by atoms with E-state index in [4.69, 9.17) is 17.3 Å². The Labute approximate surface area is 204 Å². The predicted molar refractivity (Wildman–Crippen MR) is 132 cm³/mol. The quantitative estimate of drug-likeness (QED) is 0.494. The monoisotopic (exact) mass is 535 g/mol. The lowest BCUT2D eigenvalue weighted by Gasteiger charge is -2.12. The first-order chi connectivity index (χ1) is 14.9. The van der Waals surface area contributed by atoms with Crippen LogP contribution in [-0.4, -0.2) is 52.6 Å². The summed E-state index contributed by atoms with van der Waals surface area (Å²) in [6.07, 6.45) is 2.30. The molecule has 0 amide bonds. The standard InChI is InChI=1S/C21H23ClFN3O4S2.ClH/c1-25(2)32(29,30)17-6-4-5-14(11-17)20-18-12-16(31(3,27)28)7-8-19(18)26(21(20)22)13-15(23)9-10-24;/h4-9,11-12H,10,13,24H2,1-3H3;1H. The van der Waals surface area contributed by atoms with Crippen LogP contribution in [-0.2, 0) is 26.4 Å². The van der Waals surface area contributed by atoms with Crippen molar-refractivity contribution in [3.05, 3.63) is 59.5 Å². The SMILES string of the molecule is CN(C)S(=O)(=O)c1cccc(-c2c(Cl)n(CC(F)=CCN)c3ccc(S(C)(=O)=O)cc23)c1.Cl. The van der Waals surface area contributed by atoms with Crippen molar-refractivity contribution in [1.82, 2.24) is 8.87 Å². The first kappa shape index (κ1) is 27.3. The average molecular weight is 536 g/mol. The molecule has 0 aliphatic rings. The van der Waals surface area contributed by atoms with E-state index in [9.17, 15) is 21.2 Å². The van der Waals surface area contributed by atoms with Crippen LogP contribution in [0.2, 0.25) is 5.15 Å². The number of sulfonamides is 1. The van der Waals surface area contributed by atoms with Gasteiger partial charge < -0.3 is 10.3 Å². The molecule has 0 bridgehead atoms. The summed E-state index contributed by atoms with van der Waals surface area (Å²) in [5.74, 6) is -0.506. The molecule has 2 aromatic carbocycles. The summed E-state index contributed by atoms with van der Waals surface area (Å²) in [4.78, 5) is 0.112. The number of fused-ring (bicyclic) bond motifs is 1. The first-order valence-electron chi connectivity index (χ1n) is 9.47. The van der Waals surface area contributed by atoms with Gasteiger partial charge in [-0.1, -0.05) is 23.7 Å². The van der Waals surface area contributed by atoms with Crippen LogP contribution in [0.3, 0.4) is 0 Å². The number of hydrogen-bond donors (Lipinski definition) is 1. The Hall–Kier alpha value is -1.95. The molecule has 0 saturated heterocycles. The van der Waals surface area contributed by atoms with Gasteiger partial charge in [0.2, 0.25) is 10.0 Å². The summed E-state index contributed by atoms with van der Waals surface area (Å²) >= 11 is 6.66. The van der Waals surface area contributed by atoms with Crippen molar-refractivity contribution < 1.29 is 21.2 Å². The van der Waals surface area contributed by atoms with Crippen LogP contribution in [0.4, 0.5) is 4.39 Å². The summed E-state index contributed by atoms with van der Waals surface area (Å²) in [5.41, 5.74) is 6.75. The van der Waals surface area contributed by atoms with Crippen molar-refractivity contribution in [3.63, 3.8) is 0 Å². The largest absolute Gasteiger partial charge is 0.327 e. The van der Waals surface area contributed by atoms with Gasteiger partial charge in [0.1, 0.15) is 11.0 Å². The molecule has 7 nitrogen and oxygen atoms in total. The number of nitrogens with two attached hydrogens (primary N) is 1. The molecule has 33 heavy (non-hydrogen) atoms. The van der Waals surface area contributed by atoms with E-state index in [1.165, 1.54) is 49.0 Å². The van der Waals surface area contributed by atoms with Crippen LogP contribution < -0.4 is 5.73 Å². The molecule has 0 aliphatic carbocycles. The molecule has 12 heteroatoms. The van der Waals surface area contributed by atoms with Crippen LogP contribution in [0.5, 0.6) is 0 Å². The van der Waals surface area contributed by atoms with Gasteiger partial charge in [0.15, 0.2) is 9.84 Å². The number of rotatable bonds is 7. The van der Waals surface area contributed by atoms with Gasteiger partial charge in [-0.15, -0.1) is 12.4 Å². The van der Waals surface area contributed by atoms with E-state index in [0.29, 0.717) is 22.0 Å². The van der Waals surface area contributed by atoms with Crippen molar-refractivity contribution in [1.29, 1.82) is 0 Å². The maximum Gasteiger partial charge on any atom is 0.242 e. The Bertz CT molecular complexity index is 1430. The van der Waals surface area contributed by atoms with Crippen molar-refractivity contribution in [2.24, 2.45) is 5.73 Å². The number of halogens is 3. The minimum Gasteiger partial charge on any atom is -0.327 e. The number of nitrogens with zero attached hydrogens (tertiary/aromatic N) is 2. The van der Waals surface area contributed by atoms with Crippen LogP contribution in [0.25, 0.3) is 22.0 Å². The Morgan fingerprint density at radius 2 is 1.79 bits per heavy atom. The van der Waals surface area contributed by atoms with Gasteiger partial charge in [-0.05, 0) is 42.0 Å². The van der Waals surface area contributed by atoms with Gasteiger partial charge in [-0.2, -0.15) is 0 Å². The maximum absolute atomic E-state index is 14.3. The van der Waals surface area contributed by atoms with Crippen LogP contribution >= 0.6 is 24.0 Å². The van der Waals surface area contributed by atoms with Gasteiger partial charge in [-0.3, -0.25) is 0 Å². The third kappa shape index (κ3) is 5.42. The zero-order chi connectivity index (χ0) is 23.8. The normalized spacial score (nSPS) is 12.9. The van der Waals surface area contributed by atoms with E-state index >= 15 is 0 Å². The molecule has 1 heterocycles. The van der Waals surface area contributed by atoms with Gasteiger partial charge in [0, 0.05) is 37.8 Å². The van der Waals surface area contributed by atoms with Crippen molar-refractivity contribution >= 4 is 54.8 Å². The fraction of sp³-hybridized carbons (Fsp3) is 0.238. The summed E-state index contributed by atoms with van der Waals surface area (Å²) < 4.78 is 66.4. The summed E-state index contributed by atoms with van der Waals surface area (Å²) in [6, 6.07) is 10.6. The highest BCUT2D eigenvalue weighted by Crippen LogP contribution is 2.40. The summed E-state index contributed by atoms with van der Waals surface area (Å²) in [7, 11) is -4.40. The molecule has 0 atom stereocenters. The van der Waals surface area contributed by atoms with Gasteiger partial charge >= 0.3 is 0 Å². The highest BCUT2D eigenvalue weighted by atomic mass is 35.5. The van der Waals surface area contributed by atoms with E-state index < -0.39 is 25.7 Å². The molecule has 180 valence electrons. The zero-order valence-corrected chi connectivity index (χ0v) is 21.3. The Balaban J connectivity index is 0.00000385. The molecular formula is C21H24Cl2FN3O4S2. The number of allylic oxidation sites excluding steroid dienone is 1. The number of sulfone groups is 1. The van der Waals surface area contributed by atoms with Crippen LogP contribution in [0.1, 0.15) is 0 Å². The highest BCUT2D eigenvalue weighted by molar-refractivity contribution is 7.90. The van der Waals surface area contributed by atoms with Crippen molar-refractivity contribution in [3.8, 4) is 11.1 Å². The molecule has 3 rings (SSSR count). The summed E-state index contributed by atoms with van der Waals surface area (Å²) in [6.45, 7) is -0.196. The van der Waals surface area contributed by atoms with Gasteiger partial charge in [0.25, 0.3) is 0 Å². The first-order valence-corrected chi connectivity index (χ1v) is 13.2.